The van der Waals surface area contributed by atoms with Crippen LogP contribution in [0.25, 0.3) is 0 Å². The van der Waals surface area contributed by atoms with Crippen LogP contribution in [-0.4, -0.2) is 5.91 Å². The van der Waals surface area contributed by atoms with Crippen LogP contribution in [0.4, 0.5) is 17.1 Å². The number of para-hydroxylation sites is 1. The van der Waals surface area contributed by atoms with Gasteiger partial charge in [0.2, 0.25) is 5.91 Å². The zero-order valence-corrected chi connectivity index (χ0v) is 12.8. The second-order valence-electron chi connectivity index (χ2n) is 5.76. The second-order valence-corrected chi connectivity index (χ2v) is 5.76. The summed E-state index contributed by atoms with van der Waals surface area (Å²) in [5.41, 5.74) is 2.51. The normalized spacial score (nSPS) is 11.0. The Kier molecular flexibility index (Phi) is 4.63. The van der Waals surface area contributed by atoms with Gasteiger partial charge in [-0.25, -0.2) is 0 Å². The molecule has 1 amide bonds. The van der Waals surface area contributed by atoms with E-state index in [9.17, 15) is 4.79 Å². The molecule has 0 bridgehead atoms. The first-order valence-electron chi connectivity index (χ1n) is 7.25. The Labute approximate surface area is 126 Å². The quantitative estimate of drug-likeness (QED) is 0.826. The molecule has 2 rings (SSSR count). The Bertz CT molecular complexity index is 588. The molecule has 0 aliphatic heterocycles. The van der Waals surface area contributed by atoms with Gasteiger partial charge in [0.05, 0.1) is 0 Å². The predicted molar refractivity (Wildman–Crippen MR) is 88.9 cm³/mol. The number of nitrogens with one attached hydrogen (secondary N) is 2. The first-order chi connectivity index (χ1) is 10.0. The van der Waals surface area contributed by atoms with Crippen molar-refractivity contribution in [2.75, 3.05) is 10.6 Å². The van der Waals surface area contributed by atoms with Gasteiger partial charge in [-0.05, 0) is 42.8 Å². The standard InChI is InChI=1S/C18H22N2O/c1-4-18(2,3)17(21)20-16-12-10-15(11-13-16)19-14-8-6-5-7-9-14/h5-13,19H,4H2,1-3H3,(H,20,21). The maximum Gasteiger partial charge on any atom is 0.230 e. The third-order valence-electron chi connectivity index (χ3n) is 3.70. The molecule has 110 valence electrons. The molecule has 0 fully saturated rings. The summed E-state index contributed by atoms with van der Waals surface area (Å²) in [4.78, 5) is 12.1. The van der Waals surface area contributed by atoms with Crippen molar-refractivity contribution in [2.24, 2.45) is 5.41 Å². The molecule has 0 saturated carbocycles. The molecule has 0 aliphatic carbocycles. The monoisotopic (exact) mass is 282 g/mol. The van der Waals surface area contributed by atoms with Crippen LogP contribution in [0.3, 0.4) is 0 Å². The summed E-state index contributed by atoms with van der Waals surface area (Å²) in [6, 6.07) is 17.7. The molecular weight excluding hydrogens is 260 g/mol. The largest absolute Gasteiger partial charge is 0.356 e. The van der Waals surface area contributed by atoms with Crippen LogP contribution < -0.4 is 10.6 Å². The summed E-state index contributed by atoms with van der Waals surface area (Å²) in [6.07, 6.45) is 0.812. The van der Waals surface area contributed by atoms with Gasteiger partial charge in [0.15, 0.2) is 0 Å². The van der Waals surface area contributed by atoms with Crippen LogP contribution in [0.15, 0.2) is 54.6 Å². The summed E-state index contributed by atoms with van der Waals surface area (Å²) in [6.45, 7) is 5.92. The average Bonchev–Trinajstić information content (AvgIpc) is 2.50. The number of rotatable bonds is 5. The lowest BCUT2D eigenvalue weighted by atomic mass is 9.89. The number of hydrogen-bond donors (Lipinski definition) is 2. The molecule has 0 spiro atoms. The van der Waals surface area contributed by atoms with E-state index in [0.29, 0.717) is 0 Å². The van der Waals surface area contributed by atoms with Gasteiger partial charge < -0.3 is 10.6 Å². The fraction of sp³-hybridized carbons (Fsp3) is 0.278. The van der Waals surface area contributed by atoms with Crippen molar-refractivity contribution >= 4 is 23.0 Å². The lowest BCUT2D eigenvalue weighted by molar-refractivity contribution is -0.124. The van der Waals surface area contributed by atoms with E-state index in [1.165, 1.54) is 0 Å². The zero-order valence-electron chi connectivity index (χ0n) is 12.8. The van der Waals surface area contributed by atoms with Gasteiger partial charge in [-0.2, -0.15) is 0 Å². The van der Waals surface area contributed by atoms with E-state index < -0.39 is 0 Å². The maximum absolute atomic E-state index is 12.1. The Hall–Kier alpha value is -2.29. The number of anilines is 3. The van der Waals surface area contributed by atoms with E-state index in [-0.39, 0.29) is 11.3 Å². The van der Waals surface area contributed by atoms with Gasteiger partial charge in [0.1, 0.15) is 0 Å². The van der Waals surface area contributed by atoms with Crippen LogP contribution in [0.2, 0.25) is 0 Å². The molecule has 2 aromatic carbocycles. The summed E-state index contributed by atoms with van der Waals surface area (Å²) in [5, 5.41) is 6.27. The summed E-state index contributed by atoms with van der Waals surface area (Å²) in [5.74, 6) is 0.0498. The predicted octanol–water partition coefficient (Wildman–Crippen LogP) is 4.80. The summed E-state index contributed by atoms with van der Waals surface area (Å²) >= 11 is 0. The van der Waals surface area contributed by atoms with Crippen molar-refractivity contribution in [3.05, 3.63) is 54.6 Å². The fourth-order valence-electron chi connectivity index (χ4n) is 1.79. The van der Waals surface area contributed by atoms with Crippen molar-refractivity contribution < 1.29 is 4.79 Å². The van der Waals surface area contributed by atoms with Gasteiger partial charge in [-0.3, -0.25) is 4.79 Å². The highest BCUT2D eigenvalue weighted by Crippen LogP contribution is 2.23. The fourth-order valence-corrected chi connectivity index (χ4v) is 1.79. The maximum atomic E-state index is 12.1. The number of carbonyl (C=O) groups excluding carboxylic acids is 1. The Morgan fingerprint density at radius 2 is 1.43 bits per heavy atom. The minimum absolute atomic E-state index is 0.0498. The van der Waals surface area contributed by atoms with E-state index in [1.807, 2.05) is 75.4 Å². The van der Waals surface area contributed by atoms with Crippen LogP contribution in [0.5, 0.6) is 0 Å². The SMILES string of the molecule is CCC(C)(C)C(=O)Nc1ccc(Nc2ccccc2)cc1. The number of amides is 1. The molecule has 0 radical (unpaired) electrons. The van der Waals surface area contributed by atoms with Crippen molar-refractivity contribution in [2.45, 2.75) is 27.2 Å². The number of benzene rings is 2. The molecule has 0 heterocycles. The van der Waals surface area contributed by atoms with Crippen LogP contribution >= 0.6 is 0 Å². The van der Waals surface area contributed by atoms with Gasteiger partial charge in [-0.15, -0.1) is 0 Å². The molecular formula is C18H22N2O. The molecule has 21 heavy (non-hydrogen) atoms. The third-order valence-corrected chi connectivity index (χ3v) is 3.70. The molecule has 3 heteroatoms. The highest BCUT2D eigenvalue weighted by atomic mass is 16.2. The Morgan fingerprint density at radius 3 is 2.00 bits per heavy atom. The van der Waals surface area contributed by atoms with Crippen molar-refractivity contribution in [1.82, 2.24) is 0 Å². The van der Waals surface area contributed by atoms with E-state index in [1.54, 1.807) is 0 Å². The van der Waals surface area contributed by atoms with E-state index >= 15 is 0 Å². The first-order valence-corrected chi connectivity index (χ1v) is 7.25. The molecule has 2 aromatic rings. The topological polar surface area (TPSA) is 41.1 Å². The van der Waals surface area contributed by atoms with E-state index in [0.717, 1.165) is 23.5 Å². The Morgan fingerprint density at radius 1 is 0.905 bits per heavy atom. The van der Waals surface area contributed by atoms with Gasteiger partial charge in [0, 0.05) is 22.5 Å². The second kappa shape index (κ2) is 6.44. The highest BCUT2D eigenvalue weighted by molar-refractivity contribution is 5.94. The lowest BCUT2D eigenvalue weighted by Crippen LogP contribution is -2.29. The van der Waals surface area contributed by atoms with Crippen molar-refractivity contribution in [1.29, 1.82) is 0 Å². The van der Waals surface area contributed by atoms with Crippen LogP contribution in [0.1, 0.15) is 27.2 Å². The lowest BCUT2D eigenvalue weighted by Gasteiger charge is -2.21. The molecule has 0 aromatic heterocycles. The minimum atomic E-state index is -0.346. The molecule has 3 nitrogen and oxygen atoms in total. The van der Waals surface area contributed by atoms with Crippen molar-refractivity contribution in [3.63, 3.8) is 0 Å². The molecule has 0 atom stereocenters. The summed E-state index contributed by atoms with van der Waals surface area (Å²) < 4.78 is 0. The third kappa shape index (κ3) is 4.09. The highest BCUT2D eigenvalue weighted by Gasteiger charge is 2.25. The average molecular weight is 282 g/mol. The van der Waals surface area contributed by atoms with Gasteiger partial charge >= 0.3 is 0 Å². The van der Waals surface area contributed by atoms with E-state index in [2.05, 4.69) is 10.6 Å². The smallest absolute Gasteiger partial charge is 0.230 e. The van der Waals surface area contributed by atoms with Crippen LogP contribution in [-0.2, 0) is 4.79 Å². The van der Waals surface area contributed by atoms with Gasteiger partial charge in [-0.1, -0.05) is 39.0 Å². The number of hydrogen-bond acceptors (Lipinski definition) is 2. The Balaban J connectivity index is 2.01. The molecule has 0 unspecified atom stereocenters. The number of carbonyl (C=O) groups is 1. The summed E-state index contributed by atoms with van der Waals surface area (Å²) in [7, 11) is 0. The first kappa shape index (κ1) is 15.1. The van der Waals surface area contributed by atoms with E-state index in [4.69, 9.17) is 0 Å². The molecule has 0 saturated heterocycles. The van der Waals surface area contributed by atoms with Crippen LogP contribution in [0, 0.1) is 5.41 Å². The minimum Gasteiger partial charge on any atom is -0.356 e. The molecule has 2 N–H and O–H groups in total. The zero-order chi connectivity index (χ0) is 15.3. The molecule has 0 aliphatic rings. The van der Waals surface area contributed by atoms with Crippen molar-refractivity contribution in [3.8, 4) is 0 Å². The van der Waals surface area contributed by atoms with Gasteiger partial charge in [0.25, 0.3) is 0 Å².